The number of esters is 1. The highest BCUT2D eigenvalue weighted by atomic mass is 16.5. The van der Waals surface area contributed by atoms with Gasteiger partial charge in [0.05, 0.1) is 6.61 Å². The molecule has 0 saturated carbocycles. The molecule has 0 fully saturated rings. The number of ether oxygens (including phenoxy) is 1. The monoisotopic (exact) mass is 424 g/mol. The molecule has 0 saturated heterocycles. The zero-order valence-electron chi connectivity index (χ0n) is 20.5. The second-order valence-electron chi connectivity index (χ2n) is 8.98. The van der Waals surface area contributed by atoms with Crippen molar-refractivity contribution >= 4 is 5.97 Å². The fourth-order valence-electron chi connectivity index (χ4n) is 3.79. The third-order valence-electron chi connectivity index (χ3n) is 6.10. The van der Waals surface area contributed by atoms with Gasteiger partial charge in [-0.25, -0.2) is 0 Å². The number of rotatable bonds is 22. The molecule has 0 heterocycles. The fourth-order valence-corrected chi connectivity index (χ4v) is 3.79. The van der Waals surface area contributed by atoms with Crippen LogP contribution in [0.25, 0.3) is 0 Å². The summed E-state index contributed by atoms with van der Waals surface area (Å²) >= 11 is 0. The van der Waals surface area contributed by atoms with E-state index in [4.69, 9.17) is 4.74 Å². The summed E-state index contributed by atoms with van der Waals surface area (Å²) in [6.07, 6.45) is 24.1. The third-order valence-corrected chi connectivity index (χ3v) is 6.10. The van der Waals surface area contributed by atoms with E-state index in [2.05, 4.69) is 32.9 Å². The van der Waals surface area contributed by atoms with Crippen LogP contribution in [0, 0.1) is 11.8 Å². The van der Waals surface area contributed by atoms with E-state index in [1.54, 1.807) is 0 Å². The number of unbranched alkanes of at least 4 members (excludes halogenated alkanes) is 10. The molecule has 30 heavy (non-hydrogen) atoms. The lowest BCUT2D eigenvalue weighted by atomic mass is 9.99. The Balaban J connectivity index is 3.62. The predicted molar refractivity (Wildman–Crippen MR) is 130 cm³/mol. The Morgan fingerprint density at radius 1 is 0.833 bits per heavy atom. The zero-order valence-corrected chi connectivity index (χ0v) is 20.5. The lowest BCUT2D eigenvalue weighted by Crippen LogP contribution is -2.13. The fraction of sp³-hybridized carbons (Fsp3) is 0.889. The van der Waals surface area contributed by atoms with E-state index in [-0.39, 0.29) is 12.6 Å². The minimum atomic E-state index is -0.0230. The molecule has 0 aromatic carbocycles. The van der Waals surface area contributed by atoms with E-state index in [0.717, 1.165) is 38.5 Å². The highest BCUT2D eigenvalue weighted by Crippen LogP contribution is 2.16. The van der Waals surface area contributed by atoms with E-state index in [9.17, 15) is 9.90 Å². The molecule has 0 aliphatic carbocycles. The average Bonchev–Trinajstić information content (AvgIpc) is 2.76. The van der Waals surface area contributed by atoms with Crippen molar-refractivity contribution in [1.29, 1.82) is 0 Å². The molecule has 1 N–H and O–H groups in total. The van der Waals surface area contributed by atoms with E-state index < -0.39 is 0 Å². The Morgan fingerprint density at radius 2 is 1.50 bits per heavy atom. The maximum atomic E-state index is 11.9. The Kier molecular flexibility index (Phi) is 22.2. The Morgan fingerprint density at radius 3 is 2.20 bits per heavy atom. The lowest BCUT2D eigenvalue weighted by molar-refractivity contribution is -0.145. The molecule has 0 aliphatic rings. The van der Waals surface area contributed by atoms with E-state index in [1.165, 1.54) is 64.2 Å². The minimum Gasteiger partial charge on any atom is -0.465 e. The molecule has 0 rings (SSSR count). The highest BCUT2D eigenvalue weighted by Gasteiger charge is 2.10. The zero-order chi connectivity index (χ0) is 22.3. The van der Waals surface area contributed by atoms with Gasteiger partial charge in [0.25, 0.3) is 0 Å². The van der Waals surface area contributed by atoms with Crippen LogP contribution >= 0.6 is 0 Å². The van der Waals surface area contributed by atoms with E-state index >= 15 is 0 Å². The SMILES string of the molecule is CCCCCCC/C=C/C(CO)CCCCCCCC(=O)OCC(CC)CCCC. The Labute approximate surface area is 188 Å². The highest BCUT2D eigenvalue weighted by molar-refractivity contribution is 5.69. The van der Waals surface area contributed by atoms with Crippen molar-refractivity contribution in [2.24, 2.45) is 11.8 Å². The summed E-state index contributed by atoms with van der Waals surface area (Å²) in [7, 11) is 0. The minimum absolute atomic E-state index is 0.0230. The van der Waals surface area contributed by atoms with Gasteiger partial charge in [0.1, 0.15) is 0 Å². The van der Waals surface area contributed by atoms with Gasteiger partial charge in [0.15, 0.2) is 0 Å². The number of hydrogen-bond acceptors (Lipinski definition) is 3. The van der Waals surface area contributed by atoms with Crippen LogP contribution in [-0.4, -0.2) is 24.3 Å². The summed E-state index contributed by atoms with van der Waals surface area (Å²) < 4.78 is 5.47. The number of aliphatic hydroxyl groups is 1. The molecule has 0 aromatic rings. The van der Waals surface area contributed by atoms with Gasteiger partial charge in [-0.1, -0.05) is 104 Å². The molecule has 2 unspecified atom stereocenters. The van der Waals surface area contributed by atoms with Crippen molar-refractivity contribution in [3.8, 4) is 0 Å². The summed E-state index contributed by atoms with van der Waals surface area (Å²) in [5.41, 5.74) is 0. The van der Waals surface area contributed by atoms with Crippen molar-refractivity contribution in [3.05, 3.63) is 12.2 Å². The summed E-state index contributed by atoms with van der Waals surface area (Å²) in [5, 5.41) is 9.55. The first-order valence-corrected chi connectivity index (χ1v) is 13.1. The number of hydrogen-bond donors (Lipinski definition) is 1. The van der Waals surface area contributed by atoms with Gasteiger partial charge in [-0.2, -0.15) is 0 Å². The first-order chi connectivity index (χ1) is 14.7. The predicted octanol–water partition coefficient (Wildman–Crippen LogP) is 8.00. The number of carbonyl (C=O) groups excluding carboxylic acids is 1. The molecule has 178 valence electrons. The molecule has 3 heteroatoms. The standard InChI is InChI=1S/C27H52O3/c1-4-7-9-10-11-13-16-20-26(23-28)21-17-14-12-15-18-22-27(29)30-24-25(6-3)19-8-5-2/h16,20,25-26,28H,4-15,17-19,21-24H2,1-3H3/b20-16+. The van der Waals surface area contributed by atoms with Crippen LogP contribution in [0.3, 0.4) is 0 Å². The summed E-state index contributed by atoms with van der Waals surface area (Å²) in [6, 6.07) is 0. The number of carbonyl (C=O) groups is 1. The Bertz CT molecular complexity index is 392. The van der Waals surface area contributed by atoms with Crippen LogP contribution in [0.2, 0.25) is 0 Å². The van der Waals surface area contributed by atoms with Gasteiger partial charge in [-0.3, -0.25) is 4.79 Å². The van der Waals surface area contributed by atoms with Crippen LogP contribution in [0.15, 0.2) is 12.2 Å². The topological polar surface area (TPSA) is 46.5 Å². The normalized spacial score (nSPS) is 13.6. The van der Waals surface area contributed by atoms with Crippen LogP contribution in [0.5, 0.6) is 0 Å². The number of allylic oxidation sites excluding steroid dienone is 1. The van der Waals surface area contributed by atoms with Crippen LogP contribution in [-0.2, 0) is 9.53 Å². The average molecular weight is 425 g/mol. The molecule has 0 amide bonds. The van der Waals surface area contributed by atoms with Gasteiger partial charge in [0.2, 0.25) is 0 Å². The van der Waals surface area contributed by atoms with Crippen LogP contribution in [0.4, 0.5) is 0 Å². The van der Waals surface area contributed by atoms with Crippen molar-refractivity contribution < 1.29 is 14.6 Å². The molecule has 3 nitrogen and oxygen atoms in total. The van der Waals surface area contributed by atoms with Crippen molar-refractivity contribution in [2.75, 3.05) is 13.2 Å². The maximum absolute atomic E-state index is 11.9. The summed E-state index contributed by atoms with van der Waals surface area (Å²) in [6.45, 7) is 7.49. The second kappa shape index (κ2) is 22.8. The van der Waals surface area contributed by atoms with Crippen molar-refractivity contribution in [1.82, 2.24) is 0 Å². The van der Waals surface area contributed by atoms with Gasteiger partial charge in [-0.15, -0.1) is 0 Å². The van der Waals surface area contributed by atoms with Crippen LogP contribution < -0.4 is 0 Å². The molecule has 0 spiro atoms. The first kappa shape index (κ1) is 29.2. The van der Waals surface area contributed by atoms with Crippen molar-refractivity contribution in [3.63, 3.8) is 0 Å². The first-order valence-electron chi connectivity index (χ1n) is 13.1. The van der Waals surface area contributed by atoms with E-state index in [0.29, 0.717) is 24.9 Å². The van der Waals surface area contributed by atoms with Crippen LogP contribution in [0.1, 0.15) is 130 Å². The Hall–Kier alpha value is -0.830. The molecule has 2 atom stereocenters. The molecule has 0 aromatic heterocycles. The number of aliphatic hydroxyl groups excluding tert-OH is 1. The molecular weight excluding hydrogens is 372 g/mol. The molecular formula is C27H52O3. The van der Waals surface area contributed by atoms with Gasteiger partial charge >= 0.3 is 5.97 Å². The smallest absolute Gasteiger partial charge is 0.305 e. The largest absolute Gasteiger partial charge is 0.465 e. The molecule has 0 bridgehead atoms. The maximum Gasteiger partial charge on any atom is 0.305 e. The molecule has 0 aliphatic heterocycles. The lowest BCUT2D eigenvalue weighted by Gasteiger charge is -2.14. The van der Waals surface area contributed by atoms with Gasteiger partial charge in [0, 0.05) is 13.0 Å². The third kappa shape index (κ3) is 19.2. The summed E-state index contributed by atoms with van der Waals surface area (Å²) in [5.74, 6) is 0.823. The molecule has 0 radical (unpaired) electrons. The summed E-state index contributed by atoms with van der Waals surface area (Å²) in [4.78, 5) is 11.9. The van der Waals surface area contributed by atoms with Crippen molar-refractivity contribution in [2.45, 2.75) is 130 Å². The second-order valence-corrected chi connectivity index (χ2v) is 8.98. The van der Waals surface area contributed by atoms with Gasteiger partial charge in [-0.05, 0) is 43.9 Å². The quantitative estimate of drug-likeness (QED) is 0.109. The van der Waals surface area contributed by atoms with Gasteiger partial charge < -0.3 is 9.84 Å². The van der Waals surface area contributed by atoms with E-state index in [1.807, 2.05) is 0 Å².